The lowest BCUT2D eigenvalue weighted by atomic mass is 10.1. The molecule has 2 rings (SSSR count). The Morgan fingerprint density at radius 1 is 1.29 bits per heavy atom. The maximum atomic E-state index is 10.6. The summed E-state index contributed by atoms with van der Waals surface area (Å²) in [6.07, 6.45) is 0.240. The lowest BCUT2D eigenvalue weighted by molar-refractivity contribution is -0.384. The summed E-state index contributed by atoms with van der Waals surface area (Å²) in [5.74, 6) is 0. The van der Waals surface area contributed by atoms with Crippen LogP contribution in [0, 0.1) is 10.1 Å². The number of nitrogens with zero attached hydrogens (tertiary/aromatic N) is 1. The molecule has 2 aromatic rings. The van der Waals surface area contributed by atoms with Gasteiger partial charge < -0.3 is 10.4 Å². The van der Waals surface area contributed by atoms with E-state index in [1.54, 1.807) is 23.5 Å². The molecule has 2 N–H and O–H groups in total. The van der Waals surface area contributed by atoms with E-state index in [0.29, 0.717) is 12.1 Å². The number of benzene rings is 1. The maximum absolute atomic E-state index is 10.6. The quantitative estimate of drug-likeness (QED) is 0.445. The molecule has 21 heavy (non-hydrogen) atoms. The lowest BCUT2D eigenvalue weighted by Gasteiger charge is -2.11. The first-order chi connectivity index (χ1) is 10.1. The van der Waals surface area contributed by atoms with Crippen molar-refractivity contribution in [2.45, 2.75) is 12.5 Å². The van der Waals surface area contributed by atoms with Crippen molar-refractivity contribution in [3.8, 4) is 0 Å². The van der Waals surface area contributed by atoms with Crippen molar-refractivity contribution in [2.75, 3.05) is 13.1 Å². The molecule has 112 valence electrons. The molecule has 0 aliphatic heterocycles. The van der Waals surface area contributed by atoms with Crippen LogP contribution in [0.15, 0.2) is 40.2 Å². The molecule has 0 saturated carbocycles. The van der Waals surface area contributed by atoms with E-state index in [2.05, 4.69) is 27.3 Å². The smallest absolute Gasteiger partial charge is 0.269 e. The molecule has 0 amide bonds. The molecule has 1 heterocycles. The number of aliphatic hydroxyl groups is 1. The largest absolute Gasteiger partial charge is 0.387 e. The van der Waals surface area contributed by atoms with Crippen LogP contribution in [0.4, 0.5) is 5.69 Å². The zero-order chi connectivity index (χ0) is 15.2. The average molecular weight is 371 g/mol. The van der Waals surface area contributed by atoms with Gasteiger partial charge in [-0.3, -0.25) is 10.1 Å². The van der Waals surface area contributed by atoms with Crippen LogP contribution >= 0.6 is 27.3 Å². The number of non-ortho nitro benzene ring substituents is 1. The minimum absolute atomic E-state index is 0.0298. The molecule has 1 unspecified atom stereocenters. The van der Waals surface area contributed by atoms with Gasteiger partial charge in [-0.2, -0.15) is 0 Å². The Morgan fingerprint density at radius 3 is 2.57 bits per heavy atom. The number of aliphatic hydroxyl groups excluding tert-OH is 1. The first kappa shape index (κ1) is 16.1. The minimum atomic E-state index is -0.666. The Morgan fingerprint density at radius 2 is 2.00 bits per heavy atom. The van der Waals surface area contributed by atoms with E-state index in [0.717, 1.165) is 16.8 Å². The van der Waals surface area contributed by atoms with Gasteiger partial charge in [-0.15, -0.1) is 11.3 Å². The number of nitro benzene ring substituents is 1. The maximum Gasteiger partial charge on any atom is 0.269 e. The number of thiophene rings is 1. The first-order valence-corrected chi connectivity index (χ1v) is 8.04. The molecule has 0 fully saturated rings. The van der Waals surface area contributed by atoms with Gasteiger partial charge in [0.15, 0.2) is 0 Å². The topological polar surface area (TPSA) is 75.4 Å². The number of hydrogen-bond donors (Lipinski definition) is 2. The second kappa shape index (κ2) is 7.65. The molecule has 0 spiro atoms. The minimum Gasteiger partial charge on any atom is -0.387 e. The van der Waals surface area contributed by atoms with Crippen LogP contribution in [0.5, 0.6) is 0 Å². The van der Waals surface area contributed by atoms with E-state index in [9.17, 15) is 15.2 Å². The molecule has 0 radical (unpaired) electrons. The average Bonchev–Trinajstić information content (AvgIpc) is 2.89. The predicted molar refractivity (Wildman–Crippen MR) is 86.6 cm³/mol. The van der Waals surface area contributed by atoms with E-state index < -0.39 is 11.0 Å². The molecule has 0 aliphatic carbocycles. The van der Waals surface area contributed by atoms with Crippen LogP contribution in [-0.4, -0.2) is 23.1 Å². The lowest BCUT2D eigenvalue weighted by Crippen LogP contribution is -2.23. The Balaban J connectivity index is 1.76. The third-order valence-electron chi connectivity index (χ3n) is 3.00. The zero-order valence-electron chi connectivity index (χ0n) is 11.2. The van der Waals surface area contributed by atoms with Gasteiger partial charge in [-0.25, -0.2) is 0 Å². The standard InChI is InChI=1S/C14H15BrN2O3S/c15-14-6-5-12(21-14)7-8-16-9-13(18)10-1-3-11(4-2-10)17(19)20/h1-6,13,16,18H,7-9H2. The highest BCUT2D eigenvalue weighted by Gasteiger charge is 2.10. The molecule has 0 bridgehead atoms. The second-order valence-corrected chi connectivity index (χ2v) is 7.07. The molecule has 0 saturated heterocycles. The van der Waals surface area contributed by atoms with Gasteiger partial charge in [0, 0.05) is 30.1 Å². The van der Waals surface area contributed by atoms with Crippen LogP contribution in [-0.2, 0) is 6.42 Å². The predicted octanol–water partition coefficient (Wildman–Crippen LogP) is 3.28. The SMILES string of the molecule is O=[N+]([O-])c1ccc(C(O)CNCCc2ccc(Br)s2)cc1. The summed E-state index contributed by atoms with van der Waals surface area (Å²) < 4.78 is 1.11. The van der Waals surface area contributed by atoms with Crippen LogP contribution < -0.4 is 5.32 Å². The number of hydrogen-bond acceptors (Lipinski definition) is 5. The second-order valence-electron chi connectivity index (χ2n) is 4.52. The Labute approximate surface area is 134 Å². The fraction of sp³-hybridized carbons (Fsp3) is 0.286. The van der Waals surface area contributed by atoms with Crippen LogP contribution in [0.2, 0.25) is 0 Å². The normalized spacial score (nSPS) is 12.3. The summed E-state index contributed by atoms with van der Waals surface area (Å²) in [7, 11) is 0. The van der Waals surface area contributed by atoms with Crippen molar-refractivity contribution in [3.05, 3.63) is 60.7 Å². The van der Waals surface area contributed by atoms with Crippen molar-refractivity contribution >= 4 is 33.0 Å². The molecule has 5 nitrogen and oxygen atoms in total. The van der Waals surface area contributed by atoms with Crippen molar-refractivity contribution in [3.63, 3.8) is 0 Å². The fourth-order valence-electron chi connectivity index (χ4n) is 1.87. The van der Waals surface area contributed by atoms with Crippen molar-refractivity contribution in [1.29, 1.82) is 0 Å². The van der Waals surface area contributed by atoms with E-state index in [4.69, 9.17) is 0 Å². The number of rotatable bonds is 7. The van der Waals surface area contributed by atoms with E-state index in [1.165, 1.54) is 17.0 Å². The van der Waals surface area contributed by atoms with Gasteiger partial charge in [-0.1, -0.05) is 0 Å². The molecular formula is C14H15BrN2O3S. The Bertz CT molecular complexity index is 601. The van der Waals surface area contributed by atoms with E-state index in [-0.39, 0.29) is 5.69 Å². The first-order valence-electron chi connectivity index (χ1n) is 6.43. The van der Waals surface area contributed by atoms with Crippen molar-refractivity contribution in [2.24, 2.45) is 0 Å². The van der Waals surface area contributed by atoms with Gasteiger partial charge in [0.1, 0.15) is 0 Å². The highest BCUT2D eigenvalue weighted by Crippen LogP contribution is 2.22. The number of nitro groups is 1. The van der Waals surface area contributed by atoms with Gasteiger partial charge in [0.25, 0.3) is 5.69 Å². The number of nitrogens with one attached hydrogen (secondary N) is 1. The van der Waals surface area contributed by atoms with Gasteiger partial charge in [0.05, 0.1) is 14.8 Å². The van der Waals surface area contributed by atoms with Crippen molar-refractivity contribution < 1.29 is 10.0 Å². The van der Waals surface area contributed by atoms with E-state index in [1.807, 2.05) is 6.07 Å². The summed E-state index contributed by atoms with van der Waals surface area (Å²) in [5, 5.41) is 23.8. The third-order valence-corrected chi connectivity index (χ3v) is 4.69. The highest BCUT2D eigenvalue weighted by molar-refractivity contribution is 9.11. The van der Waals surface area contributed by atoms with Gasteiger partial charge >= 0.3 is 0 Å². The van der Waals surface area contributed by atoms with E-state index >= 15 is 0 Å². The molecule has 1 aromatic heterocycles. The van der Waals surface area contributed by atoms with Crippen LogP contribution in [0.3, 0.4) is 0 Å². The fourth-order valence-corrected chi connectivity index (χ4v) is 3.36. The molecule has 1 atom stereocenters. The summed E-state index contributed by atoms with van der Waals surface area (Å²) >= 11 is 5.12. The summed E-state index contributed by atoms with van der Waals surface area (Å²) in [6.45, 7) is 1.20. The van der Waals surface area contributed by atoms with Crippen LogP contribution in [0.1, 0.15) is 16.5 Å². The molecular weight excluding hydrogens is 356 g/mol. The Kier molecular flexibility index (Phi) is 5.86. The summed E-state index contributed by atoms with van der Waals surface area (Å²) in [6, 6.07) is 10.1. The summed E-state index contributed by atoms with van der Waals surface area (Å²) in [5.41, 5.74) is 0.703. The van der Waals surface area contributed by atoms with Crippen molar-refractivity contribution in [1.82, 2.24) is 5.32 Å². The van der Waals surface area contributed by atoms with Gasteiger partial charge in [-0.05, 0) is 52.2 Å². The zero-order valence-corrected chi connectivity index (χ0v) is 13.6. The molecule has 7 heteroatoms. The third kappa shape index (κ3) is 4.89. The number of halogens is 1. The Hall–Kier alpha value is -1.28. The highest BCUT2D eigenvalue weighted by atomic mass is 79.9. The van der Waals surface area contributed by atoms with Gasteiger partial charge in [0.2, 0.25) is 0 Å². The van der Waals surface area contributed by atoms with Crippen LogP contribution in [0.25, 0.3) is 0 Å². The molecule has 1 aromatic carbocycles. The summed E-state index contributed by atoms with van der Waals surface area (Å²) in [4.78, 5) is 11.4. The molecule has 0 aliphatic rings. The monoisotopic (exact) mass is 370 g/mol.